The number of ether oxygens (including phenoxy) is 1. The van der Waals surface area contributed by atoms with E-state index in [2.05, 4.69) is 15.9 Å². The predicted octanol–water partition coefficient (Wildman–Crippen LogP) is 4.99. The number of hydrogen-bond acceptors (Lipinski definition) is 3. The van der Waals surface area contributed by atoms with Crippen LogP contribution in [0.5, 0.6) is 5.75 Å². The molecule has 0 unspecified atom stereocenters. The Kier molecular flexibility index (Phi) is 5.02. The van der Waals surface area contributed by atoms with Crippen molar-refractivity contribution in [2.45, 2.75) is 10.6 Å². The van der Waals surface area contributed by atoms with E-state index in [4.69, 9.17) is 22.1 Å². The highest BCUT2D eigenvalue weighted by molar-refractivity contribution is 9.10. The third-order valence-corrected chi connectivity index (χ3v) is 4.91. The number of anilines is 1. The van der Waals surface area contributed by atoms with Crippen molar-refractivity contribution in [2.75, 3.05) is 12.8 Å². The molecule has 0 saturated heterocycles. The molecule has 0 aromatic heterocycles. The zero-order chi connectivity index (χ0) is 13.8. The highest BCUT2D eigenvalue weighted by Crippen LogP contribution is 2.34. The molecule has 0 spiro atoms. The summed E-state index contributed by atoms with van der Waals surface area (Å²) in [4.78, 5) is 0.983. The molecular formula is C14H13BrClNOS. The summed E-state index contributed by atoms with van der Waals surface area (Å²) >= 11 is 11.3. The summed E-state index contributed by atoms with van der Waals surface area (Å²) in [5.41, 5.74) is 7.65. The van der Waals surface area contributed by atoms with Gasteiger partial charge in [-0.05, 0) is 42.0 Å². The molecule has 2 aromatic rings. The summed E-state index contributed by atoms with van der Waals surface area (Å²) in [7, 11) is 1.66. The van der Waals surface area contributed by atoms with Gasteiger partial charge in [-0.3, -0.25) is 0 Å². The lowest BCUT2D eigenvalue weighted by molar-refractivity contribution is 0.414. The maximum Gasteiger partial charge on any atom is 0.119 e. The summed E-state index contributed by atoms with van der Waals surface area (Å²) in [6.07, 6.45) is 0. The van der Waals surface area contributed by atoms with Crippen LogP contribution in [-0.4, -0.2) is 7.11 Å². The lowest BCUT2D eigenvalue weighted by atomic mass is 10.2. The van der Waals surface area contributed by atoms with Gasteiger partial charge in [0.2, 0.25) is 0 Å². The minimum absolute atomic E-state index is 0.719. The van der Waals surface area contributed by atoms with Gasteiger partial charge in [-0.15, -0.1) is 11.8 Å². The Hall–Kier alpha value is -0.840. The Morgan fingerprint density at radius 2 is 2.05 bits per heavy atom. The Bertz CT molecular complexity index is 592. The molecule has 0 atom stereocenters. The summed E-state index contributed by atoms with van der Waals surface area (Å²) < 4.78 is 6.28. The summed E-state index contributed by atoms with van der Waals surface area (Å²) in [6, 6.07) is 11.4. The van der Waals surface area contributed by atoms with Crippen molar-refractivity contribution in [2.24, 2.45) is 0 Å². The van der Waals surface area contributed by atoms with Crippen molar-refractivity contribution >= 4 is 45.0 Å². The van der Waals surface area contributed by atoms with E-state index >= 15 is 0 Å². The van der Waals surface area contributed by atoms with Crippen LogP contribution in [-0.2, 0) is 5.75 Å². The summed E-state index contributed by atoms with van der Waals surface area (Å²) in [6.45, 7) is 0. The smallest absolute Gasteiger partial charge is 0.119 e. The van der Waals surface area contributed by atoms with Gasteiger partial charge in [-0.2, -0.15) is 0 Å². The van der Waals surface area contributed by atoms with E-state index in [0.717, 1.165) is 37.1 Å². The van der Waals surface area contributed by atoms with Crippen LogP contribution >= 0.6 is 39.3 Å². The quantitative estimate of drug-likeness (QED) is 0.618. The number of rotatable bonds is 4. The number of halogens is 2. The maximum atomic E-state index is 6.15. The average molecular weight is 359 g/mol. The van der Waals surface area contributed by atoms with E-state index in [0.29, 0.717) is 0 Å². The van der Waals surface area contributed by atoms with E-state index < -0.39 is 0 Å². The molecule has 0 saturated carbocycles. The molecule has 5 heteroatoms. The minimum atomic E-state index is 0.719. The molecule has 0 amide bonds. The first-order valence-electron chi connectivity index (χ1n) is 5.60. The molecule has 19 heavy (non-hydrogen) atoms. The van der Waals surface area contributed by atoms with E-state index in [1.54, 1.807) is 24.9 Å². The van der Waals surface area contributed by atoms with Gasteiger partial charge in [0.1, 0.15) is 5.75 Å². The molecule has 0 aliphatic heterocycles. The first kappa shape index (κ1) is 14.6. The number of benzene rings is 2. The van der Waals surface area contributed by atoms with Gasteiger partial charge in [-0.25, -0.2) is 0 Å². The van der Waals surface area contributed by atoms with E-state index in [-0.39, 0.29) is 0 Å². The van der Waals surface area contributed by atoms with Crippen molar-refractivity contribution in [3.8, 4) is 5.75 Å². The Balaban J connectivity index is 2.16. The van der Waals surface area contributed by atoms with Crippen LogP contribution in [0.2, 0.25) is 5.02 Å². The van der Waals surface area contributed by atoms with Crippen molar-refractivity contribution in [3.05, 3.63) is 51.5 Å². The van der Waals surface area contributed by atoms with Crippen LogP contribution in [0.4, 0.5) is 5.69 Å². The van der Waals surface area contributed by atoms with Gasteiger partial charge < -0.3 is 10.5 Å². The number of nitrogen functional groups attached to an aromatic ring is 1. The average Bonchev–Trinajstić information content (AvgIpc) is 2.41. The van der Waals surface area contributed by atoms with Crippen LogP contribution in [0.1, 0.15) is 5.56 Å². The lowest BCUT2D eigenvalue weighted by Crippen LogP contribution is -1.89. The van der Waals surface area contributed by atoms with Crippen molar-refractivity contribution in [1.29, 1.82) is 0 Å². The standard InChI is InChI=1S/C14H13BrClNOS/c1-18-11-3-4-12(15)9(6-11)8-19-14-7-10(17)2-5-13(14)16/h2-7H,8,17H2,1H3. The van der Waals surface area contributed by atoms with Gasteiger partial charge in [0, 0.05) is 20.8 Å². The molecule has 2 N–H and O–H groups in total. The van der Waals surface area contributed by atoms with E-state index in [9.17, 15) is 0 Å². The van der Waals surface area contributed by atoms with Gasteiger partial charge in [-0.1, -0.05) is 27.5 Å². The van der Waals surface area contributed by atoms with Crippen molar-refractivity contribution in [3.63, 3.8) is 0 Å². The third kappa shape index (κ3) is 3.81. The zero-order valence-electron chi connectivity index (χ0n) is 10.3. The maximum absolute atomic E-state index is 6.15. The molecule has 2 nitrogen and oxygen atoms in total. The molecule has 2 rings (SSSR count). The summed E-state index contributed by atoms with van der Waals surface area (Å²) in [5.74, 6) is 1.64. The largest absolute Gasteiger partial charge is 0.497 e. The highest BCUT2D eigenvalue weighted by Gasteiger charge is 2.06. The molecule has 100 valence electrons. The number of thioether (sulfide) groups is 1. The molecule has 0 radical (unpaired) electrons. The van der Waals surface area contributed by atoms with E-state index in [1.165, 1.54) is 0 Å². The molecule has 0 bridgehead atoms. The van der Waals surface area contributed by atoms with Crippen LogP contribution < -0.4 is 10.5 Å². The van der Waals surface area contributed by atoms with Crippen molar-refractivity contribution in [1.82, 2.24) is 0 Å². The van der Waals surface area contributed by atoms with Crippen LogP contribution in [0.15, 0.2) is 45.8 Å². The number of methoxy groups -OCH3 is 1. The molecule has 0 heterocycles. The van der Waals surface area contributed by atoms with Gasteiger partial charge in [0.25, 0.3) is 0 Å². The Morgan fingerprint density at radius 3 is 2.79 bits per heavy atom. The van der Waals surface area contributed by atoms with Gasteiger partial charge in [0.15, 0.2) is 0 Å². The van der Waals surface area contributed by atoms with Crippen LogP contribution in [0.3, 0.4) is 0 Å². The van der Waals surface area contributed by atoms with Crippen LogP contribution in [0, 0.1) is 0 Å². The SMILES string of the molecule is COc1ccc(Br)c(CSc2cc(N)ccc2Cl)c1. The minimum Gasteiger partial charge on any atom is -0.497 e. The second kappa shape index (κ2) is 6.55. The second-order valence-electron chi connectivity index (χ2n) is 3.94. The molecule has 0 aliphatic rings. The topological polar surface area (TPSA) is 35.2 Å². The Morgan fingerprint density at radius 1 is 1.26 bits per heavy atom. The first-order valence-corrected chi connectivity index (χ1v) is 7.76. The summed E-state index contributed by atoms with van der Waals surface area (Å²) in [5, 5.41) is 0.721. The first-order chi connectivity index (χ1) is 9.10. The highest BCUT2D eigenvalue weighted by atomic mass is 79.9. The Labute approximate surface area is 130 Å². The van der Waals surface area contributed by atoms with Gasteiger partial charge >= 0.3 is 0 Å². The molecule has 0 aliphatic carbocycles. The number of nitrogens with two attached hydrogens (primary N) is 1. The fourth-order valence-electron chi connectivity index (χ4n) is 1.57. The van der Waals surface area contributed by atoms with Crippen LogP contribution in [0.25, 0.3) is 0 Å². The normalized spacial score (nSPS) is 10.5. The van der Waals surface area contributed by atoms with E-state index in [1.807, 2.05) is 30.3 Å². The zero-order valence-corrected chi connectivity index (χ0v) is 13.5. The fourth-order valence-corrected chi connectivity index (χ4v) is 3.40. The monoisotopic (exact) mass is 357 g/mol. The second-order valence-corrected chi connectivity index (χ2v) is 6.21. The number of hydrogen-bond donors (Lipinski definition) is 1. The van der Waals surface area contributed by atoms with Crippen molar-refractivity contribution < 1.29 is 4.74 Å². The lowest BCUT2D eigenvalue weighted by Gasteiger charge is -2.09. The molecule has 0 fully saturated rings. The molecule has 2 aromatic carbocycles. The molecular weight excluding hydrogens is 346 g/mol. The third-order valence-electron chi connectivity index (χ3n) is 2.59. The van der Waals surface area contributed by atoms with Gasteiger partial charge in [0.05, 0.1) is 12.1 Å². The fraction of sp³-hybridized carbons (Fsp3) is 0.143. The predicted molar refractivity (Wildman–Crippen MR) is 86.1 cm³/mol.